The number of aromatic hydroxyl groups is 1. The third-order valence-corrected chi connectivity index (χ3v) is 4.53. The van der Waals surface area contributed by atoms with E-state index in [1.807, 2.05) is 19.1 Å². The van der Waals surface area contributed by atoms with E-state index in [-0.39, 0.29) is 47.0 Å². The molecule has 26 heavy (non-hydrogen) atoms. The topological polar surface area (TPSA) is 71.3 Å². The van der Waals surface area contributed by atoms with E-state index in [2.05, 4.69) is 5.32 Å². The Balaban J connectivity index is 0.00000182. The van der Waals surface area contributed by atoms with Crippen molar-refractivity contribution in [3.63, 3.8) is 0 Å². The number of benzene rings is 2. The molecule has 2 N–H and O–H groups in total. The maximum atomic E-state index is 12.7. The zero-order chi connectivity index (χ0) is 18.1. The van der Waals surface area contributed by atoms with Crippen LogP contribution in [0.2, 0.25) is 5.02 Å². The number of carbonyl (C=O) groups is 1. The van der Waals surface area contributed by atoms with Crippen molar-refractivity contribution in [2.75, 3.05) is 5.32 Å². The SMILES string of the molecule is CCc1ccccc1NC(=O)c1c(O)c2c(Cl)cccc2n(C)c1=O.[H-].[Na+]. The van der Waals surface area contributed by atoms with Gasteiger partial charge in [0.2, 0.25) is 0 Å². The van der Waals surface area contributed by atoms with E-state index in [1.165, 1.54) is 11.6 Å². The van der Waals surface area contributed by atoms with Gasteiger partial charge in [0.05, 0.1) is 15.9 Å². The average molecular weight is 381 g/mol. The molecule has 5 nitrogen and oxygen atoms in total. The predicted octanol–water partition coefficient (Wildman–Crippen LogP) is 0.829. The van der Waals surface area contributed by atoms with Crippen LogP contribution in [0, 0.1) is 0 Å². The van der Waals surface area contributed by atoms with E-state index in [1.54, 1.807) is 30.3 Å². The van der Waals surface area contributed by atoms with Crippen molar-refractivity contribution in [1.29, 1.82) is 0 Å². The third-order valence-electron chi connectivity index (χ3n) is 4.22. The van der Waals surface area contributed by atoms with Crippen LogP contribution in [0.5, 0.6) is 5.75 Å². The molecule has 0 spiro atoms. The zero-order valence-corrected chi connectivity index (χ0v) is 17.6. The van der Waals surface area contributed by atoms with E-state index in [0.29, 0.717) is 11.2 Å². The maximum Gasteiger partial charge on any atom is 1.00 e. The van der Waals surface area contributed by atoms with Crippen LogP contribution in [0.3, 0.4) is 0 Å². The molecule has 0 fully saturated rings. The van der Waals surface area contributed by atoms with Crippen molar-refractivity contribution < 1.29 is 40.9 Å². The Bertz CT molecular complexity index is 1050. The van der Waals surface area contributed by atoms with Crippen LogP contribution in [-0.4, -0.2) is 15.6 Å². The number of fused-ring (bicyclic) bond motifs is 1. The number of anilines is 1. The van der Waals surface area contributed by atoms with Gasteiger partial charge in [0, 0.05) is 12.7 Å². The summed E-state index contributed by atoms with van der Waals surface area (Å²) in [5, 5.41) is 13.8. The molecule has 0 radical (unpaired) electrons. The second-order valence-electron chi connectivity index (χ2n) is 5.69. The summed E-state index contributed by atoms with van der Waals surface area (Å²) in [6.45, 7) is 1.97. The number of carbonyl (C=O) groups excluding carboxylic acids is 1. The Kier molecular flexibility index (Phi) is 6.53. The molecule has 1 heterocycles. The molecule has 0 saturated heterocycles. The number of hydrogen-bond acceptors (Lipinski definition) is 3. The van der Waals surface area contributed by atoms with E-state index in [4.69, 9.17) is 11.6 Å². The van der Waals surface area contributed by atoms with Crippen LogP contribution in [-0.2, 0) is 13.5 Å². The molecule has 1 aromatic heterocycles. The predicted molar refractivity (Wildman–Crippen MR) is 101 cm³/mol. The van der Waals surface area contributed by atoms with Crippen LogP contribution >= 0.6 is 11.6 Å². The fourth-order valence-electron chi connectivity index (χ4n) is 2.87. The molecule has 3 aromatic rings. The van der Waals surface area contributed by atoms with Crippen LogP contribution < -0.4 is 40.4 Å². The molecular formula is C19H18ClN2NaO3. The normalized spacial score (nSPS) is 10.4. The van der Waals surface area contributed by atoms with Gasteiger partial charge in [0.25, 0.3) is 11.5 Å². The van der Waals surface area contributed by atoms with Gasteiger partial charge in [-0.15, -0.1) is 0 Å². The zero-order valence-electron chi connectivity index (χ0n) is 15.8. The number of para-hydroxylation sites is 1. The molecule has 0 saturated carbocycles. The first-order valence-electron chi connectivity index (χ1n) is 7.85. The summed E-state index contributed by atoms with van der Waals surface area (Å²) in [5.41, 5.74) is 1.09. The number of nitrogens with one attached hydrogen (secondary N) is 1. The maximum absolute atomic E-state index is 12.7. The van der Waals surface area contributed by atoms with Crippen molar-refractivity contribution in [3.8, 4) is 5.75 Å². The number of rotatable bonds is 3. The number of nitrogens with zero attached hydrogens (tertiary/aromatic N) is 1. The number of aryl methyl sites for hydroxylation is 2. The molecule has 1 amide bonds. The van der Waals surface area contributed by atoms with Gasteiger partial charge in [-0.2, -0.15) is 0 Å². The first-order chi connectivity index (χ1) is 12.0. The summed E-state index contributed by atoms with van der Waals surface area (Å²) in [6, 6.07) is 12.3. The Hall–Kier alpha value is -1.79. The molecule has 3 rings (SSSR count). The van der Waals surface area contributed by atoms with Gasteiger partial charge in [0.1, 0.15) is 11.3 Å². The third kappa shape index (κ3) is 3.53. The van der Waals surface area contributed by atoms with E-state index in [9.17, 15) is 14.7 Å². The molecule has 130 valence electrons. The van der Waals surface area contributed by atoms with Gasteiger partial charge in [-0.05, 0) is 30.2 Å². The number of halogens is 1. The Labute approximate surface area is 179 Å². The van der Waals surface area contributed by atoms with Crippen LogP contribution in [0.15, 0.2) is 47.3 Å². The summed E-state index contributed by atoms with van der Waals surface area (Å²) in [4.78, 5) is 25.3. The Morgan fingerprint density at radius 2 is 1.92 bits per heavy atom. The molecule has 7 heteroatoms. The van der Waals surface area contributed by atoms with Gasteiger partial charge in [-0.25, -0.2) is 0 Å². The fourth-order valence-corrected chi connectivity index (χ4v) is 3.13. The Morgan fingerprint density at radius 3 is 2.62 bits per heavy atom. The van der Waals surface area contributed by atoms with E-state index >= 15 is 0 Å². The Morgan fingerprint density at radius 1 is 1.23 bits per heavy atom. The smallest absolute Gasteiger partial charge is 1.00 e. The summed E-state index contributed by atoms with van der Waals surface area (Å²) < 4.78 is 1.31. The first kappa shape index (κ1) is 20.5. The standard InChI is InChI=1S/C19H17ClN2O3.Na.H/c1-3-11-7-4-5-9-13(11)21-18(24)16-17(23)15-12(20)8-6-10-14(15)22(2)19(16)25;;/h4-10,23H,3H2,1-2H3,(H,21,24);;/q;+1;-1. The van der Waals surface area contributed by atoms with Gasteiger partial charge < -0.3 is 16.4 Å². The molecule has 0 aliphatic rings. The minimum Gasteiger partial charge on any atom is -1.00 e. The van der Waals surface area contributed by atoms with Crippen LogP contribution in [0.25, 0.3) is 10.9 Å². The minimum atomic E-state index is -0.666. The summed E-state index contributed by atoms with van der Waals surface area (Å²) in [6.07, 6.45) is 0.726. The summed E-state index contributed by atoms with van der Waals surface area (Å²) >= 11 is 6.16. The first-order valence-corrected chi connectivity index (χ1v) is 8.23. The van der Waals surface area contributed by atoms with Crippen molar-refractivity contribution in [1.82, 2.24) is 4.57 Å². The molecular weight excluding hydrogens is 363 g/mol. The van der Waals surface area contributed by atoms with E-state index < -0.39 is 17.2 Å². The van der Waals surface area contributed by atoms with Crippen molar-refractivity contribution in [3.05, 3.63) is 69.0 Å². The summed E-state index contributed by atoms with van der Waals surface area (Å²) in [7, 11) is 1.54. The average Bonchev–Trinajstić information content (AvgIpc) is 2.60. The second-order valence-corrected chi connectivity index (χ2v) is 6.09. The molecule has 0 aliphatic heterocycles. The second kappa shape index (κ2) is 8.27. The van der Waals surface area contributed by atoms with Gasteiger partial charge in [0.15, 0.2) is 0 Å². The number of amides is 1. The molecule has 0 bridgehead atoms. The van der Waals surface area contributed by atoms with Gasteiger partial charge in [-0.3, -0.25) is 9.59 Å². The van der Waals surface area contributed by atoms with E-state index in [0.717, 1.165) is 12.0 Å². The van der Waals surface area contributed by atoms with Crippen molar-refractivity contribution in [2.24, 2.45) is 7.05 Å². The van der Waals surface area contributed by atoms with Gasteiger partial charge >= 0.3 is 29.6 Å². The molecule has 0 aliphatic carbocycles. The van der Waals surface area contributed by atoms with Crippen molar-refractivity contribution in [2.45, 2.75) is 13.3 Å². The monoisotopic (exact) mass is 380 g/mol. The molecule has 0 atom stereocenters. The van der Waals surface area contributed by atoms with Crippen molar-refractivity contribution >= 4 is 34.1 Å². The fraction of sp³-hybridized carbons (Fsp3) is 0.158. The number of pyridine rings is 1. The largest absolute Gasteiger partial charge is 1.00 e. The summed E-state index contributed by atoms with van der Waals surface area (Å²) in [5.74, 6) is -1.07. The van der Waals surface area contributed by atoms with Crippen LogP contribution in [0.4, 0.5) is 5.69 Å². The number of aromatic nitrogens is 1. The minimum absolute atomic E-state index is 0. The molecule has 0 unspecified atom stereocenters. The van der Waals surface area contributed by atoms with Crippen LogP contribution in [0.1, 0.15) is 24.3 Å². The van der Waals surface area contributed by atoms with Gasteiger partial charge in [-0.1, -0.05) is 42.8 Å². The quantitative estimate of drug-likeness (QED) is 0.661. The number of hydrogen-bond donors (Lipinski definition) is 2. The molecule has 2 aromatic carbocycles.